The lowest BCUT2D eigenvalue weighted by molar-refractivity contribution is 0.0599. The van der Waals surface area contributed by atoms with Gasteiger partial charge in [-0.25, -0.2) is 0 Å². The Labute approximate surface area is 107 Å². The van der Waals surface area contributed by atoms with Crippen LogP contribution in [0.3, 0.4) is 0 Å². The minimum Gasteiger partial charge on any atom is -0.381 e. The van der Waals surface area contributed by atoms with Crippen molar-refractivity contribution in [2.75, 3.05) is 40.4 Å². The molecule has 0 bridgehead atoms. The molecule has 102 valence electrons. The van der Waals surface area contributed by atoms with E-state index >= 15 is 0 Å². The monoisotopic (exact) mass is 242 g/mol. The van der Waals surface area contributed by atoms with Crippen molar-refractivity contribution in [3.05, 3.63) is 0 Å². The van der Waals surface area contributed by atoms with Crippen molar-refractivity contribution in [1.29, 1.82) is 0 Å². The molecule has 0 saturated carbocycles. The van der Waals surface area contributed by atoms with Crippen LogP contribution in [0, 0.1) is 5.92 Å². The van der Waals surface area contributed by atoms with Gasteiger partial charge in [-0.15, -0.1) is 0 Å². The first-order valence-corrected chi connectivity index (χ1v) is 7.18. The van der Waals surface area contributed by atoms with Gasteiger partial charge in [0.15, 0.2) is 0 Å². The lowest BCUT2D eigenvalue weighted by Crippen LogP contribution is -2.35. The van der Waals surface area contributed by atoms with Gasteiger partial charge in [0.05, 0.1) is 0 Å². The van der Waals surface area contributed by atoms with E-state index < -0.39 is 0 Å². The number of ether oxygens (including phenoxy) is 1. The second kappa shape index (κ2) is 8.90. The molecular weight excluding hydrogens is 212 g/mol. The molecular formula is C14H30N2O. The summed E-state index contributed by atoms with van der Waals surface area (Å²) in [6.07, 6.45) is 6.34. The predicted molar refractivity (Wildman–Crippen MR) is 73.4 cm³/mol. The van der Waals surface area contributed by atoms with Crippen LogP contribution in [-0.2, 0) is 4.74 Å². The van der Waals surface area contributed by atoms with E-state index in [4.69, 9.17) is 4.74 Å². The van der Waals surface area contributed by atoms with Gasteiger partial charge in [-0.05, 0) is 65.2 Å². The molecule has 1 saturated heterocycles. The Bertz CT molecular complexity index is 179. The van der Waals surface area contributed by atoms with Crippen LogP contribution in [0.2, 0.25) is 0 Å². The summed E-state index contributed by atoms with van der Waals surface area (Å²) in [5.41, 5.74) is 0. The third kappa shape index (κ3) is 7.02. The number of rotatable bonds is 8. The summed E-state index contributed by atoms with van der Waals surface area (Å²) in [6, 6.07) is 0.695. The van der Waals surface area contributed by atoms with E-state index in [2.05, 4.69) is 31.2 Å². The topological polar surface area (TPSA) is 24.5 Å². The molecule has 0 aromatic rings. The zero-order valence-corrected chi connectivity index (χ0v) is 11.9. The Balaban J connectivity index is 2.27. The highest BCUT2D eigenvalue weighted by Gasteiger charge is 2.18. The van der Waals surface area contributed by atoms with Gasteiger partial charge in [-0.2, -0.15) is 0 Å². The average Bonchev–Trinajstić information content (AvgIpc) is 2.34. The van der Waals surface area contributed by atoms with E-state index in [0.29, 0.717) is 6.04 Å². The number of hydrogen-bond donors (Lipinski definition) is 1. The number of nitrogens with zero attached hydrogens (tertiary/aromatic N) is 1. The molecule has 1 aliphatic heterocycles. The zero-order chi connectivity index (χ0) is 12.5. The molecule has 3 heteroatoms. The van der Waals surface area contributed by atoms with Gasteiger partial charge in [0, 0.05) is 19.3 Å². The maximum atomic E-state index is 5.43. The van der Waals surface area contributed by atoms with Crippen LogP contribution >= 0.6 is 0 Å². The standard InChI is InChI=1S/C14H30N2O/c1-4-8-15-14(5-9-16(2)3)12-13-6-10-17-11-7-13/h13-15H,4-12H2,1-3H3. The minimum absolute atomic E-state index is 0.695. The highest BCUT2D eigenvalue weighted by molar-refractivity contribution is 4.74. The second-order valence-corrected chi connectivity index (χ2v) is 5.53. The maximum absolute atomic E-state index is 5.43. The van der Waals surface area contributed by atoms with Crippen molar-refractivity contribution in [1.82, 2.24) is 10.2 Å². The number of hydrogen-bond acceptors (Lipinski definition) is 3. The molecule has 0 radical (unpaired) electrons. The van der Waals surface area contributed by atoms with Crippen LogP contribution in [0.5, 0.6) is 0 Å². The Kier molecular flexibility index (Phi) is 7.82. The Morgan fingerprint density at radius 2 is 2.00 bits per heavy atom. The fraction of sp³-hybridized carbons (Fsp3) is 1.00. The number of nitrogens with one attached hydrogen (secondary N) is 1. The van der Waals surface area contributed by atoms with Crippen molar-refractivity contribution in [3.8, 4) is 0 Å². The minimum atomic E-state index is 0.695. The van der Waals surface area contributed by atoms with Gasteiger partial charge in [-0.1, -0.05) is 6.92 Å². The van der Waals surface area contributed by atoms with Crippen molar-refractivity contribution in [2.24, 2.45) is 5.92 Å². The van der Waals surface area contributed by atoms with Gasteiger partial charge in [-0.3, -0.25) is 0 Å². The molecule has 0 aliphatic carbocycles. The Hall–Kier alpha value is -0.120. The smallest absolute Gasteiger partial charge is 0.0468 e. The predicted octanol–water partition coefficient (Wildman–Crippen LogP) is 2.12. The molecule has 1 aliphatic rings. The third-order valence-electron chi connectivity index (χ3n) is 3.57. The molecule has 1 rings (SSSR count). The van der Waals surface area contributed by atoms with E-state index in [1.54, 1.807) is 0 Å². The summed E-state index contributed by atoms with van der Waals surface area (Å²) in [5.74, 6) is 0.875. The van der Waals surface area contributed by atoms with Gasteiger partial charge in [0.25, 0.3) is 0 Å². The first-order valence-electron chi connectivity index (χ1n) is 7.18. The SMILES string of the molecule is CCCNC(CCN(C)C)CC1CCOCC1. The first kappa shape index (κ1) is 14.9. The lowest BCUT2D eigenvalue weighted by Gasteiger charge is -2.28. The molecule has 1 N–H and O–H groups in total. The summed E-state index contributed by atoms with van der Waals surface area (Å²) in [5, 5.41) is 3.70. The molecule has 1 atom stereocenters. The van der Waals surface area contributed by atoms with E-state index in [9.17, 15) is 0 Å². The molecule has 1 heterocycles. The summed E-state index contributed by atoms with van der Waals surface area (Å²) >= 11 is 0. The second-order valence-electron chi connectivity index (χ2n) is 5.53. The van der Waals surface area contributed by atoms with Crippen LogP contribution in [0.25, 0.3) is 0 Å². The van der Waals surface area contributed by atoms with Crippen LogP contribution in [0.1, 0.15) is 39.0 Å². The Morgan fingerprint density at radius 1 is 1.29 bits per heavy atom. The van der Waals surface area contributed by atoms with Gasteiger partial charge in [0.2, 0.25) is 0 Å². The van der Waals surface area contributed by atoms with Crippen molar-refractivity contribution >= 4 is 0 Å². The maximum Gasteiger partial charge on any atom is 0.0468 e. The van der Waals surface area contributed by atoms with E-state index in [-0.39, 0.29) is 0 Å². The molecule has 0 spiro atoms. The average molecular weight is 242 g/mol. The fourth-order valence-electron chi connectivity index (χ4n) is 2.45. The van der Waals surface area contributed by atoms with Crippen molar-refractivity contribution in [3.63, 3.8) is 0 Å². The van der Waals surface area contributed by atoms with Crippen LogP contribution < -0.4 is 5.32 Å². The van der Waals surface area contributed by atoms with E-state index in [0.717, 1.165) is 25.7 Å². The summed E-state index contributed by atoms with van der Waals surface area (Å²) in [4.78, 5) is 2.28. The molecule has 0 aromatic carbocycles. The molecule has 1 fully saturated rings. The molecule has 1 unspecified atom stereocenters. The van der Waals surface area contributed by atoms with Crippen LogP contribution in [0.4, 0.5) is 0 Å². The largest absolute Gasteiger partial charge is 0.381 e. The van der Waals surface area contributed by atoms with E-state index in [1.807, 2.05) is 0 Å². The van der Waals surface area contributed by atoms with Gasteiger partial charge >= 0.3 is 0 Å². The third-order valence-corrected chi connectivity index (χ3v) is 3.57. The van der Waals surface area contributed by atoms with Crippen molar-refractivity contribution in [2.45, 2.75) is 45.1 Å². The summed E-state index contributed by atoms with van der Waals surface area (Å²) in [7, 11) is 4.32. The Morgan fingerprint density at radius 3 is 2.59 bits per heavy atom. The van der Waals surface area contributed by atoms with Crippen LogP contribution in [0.15, 0.2) is 0 Å². The fourth-order valence-corrected chi connectivity index (χ4v) is 2.45. The zero-order valence-electron chi connectivity index (χ0n) is 11.9. The molecule has 3 nitrogen and oxygen atoms in total. The molecule has 17 heavy (non-hydrogen) atoms. The molecule has 0 amide bonds. The normalized spacial score (nSPS) is 19.8. The summed E-state index contributed by atoms with van der Waals surface area (Å²) in [6.45, 7) is 6.52. The van der Waals surface area contributed by atoms with Gasteiger partial charge in [0.1, 0.15) is 0 Å². The lowest BCUT2D eigenvalue weighted by atomic mass is 9.91. The first-order chi connectivity index (χ1) is 8.22. The summed E-state index contributed by atoms with van der Waals surface area (Å²) < 4.78 is 5.43. The van der Waals surface area contributed by atoms with Crippen LogP contribution in [-0.4, -0.2) is 51.3 Å². The quantitative estimate of drug-likeness (QED) is 0.705. The molecule has 0 aromatic heterocycles. The van der Waals surface area contributed by atoms with E-state index in [1.165, 1.54) is 38.6 Å². The van der Waals surface area contributed by atoms with Crippen molar-refractivity contribution < 1.29 is 4.74 Å². The highest BCUT2D eigenvalue weighted by atomic mass is 16.5. The van der Waals surface area contributed by atoms with Gasteiger partial charge < -0.3 is 15.0 Å². The highest BCUT2D eigenvalue weighted by Crippen LogP contribution is 2.21.